The SMILES string of the molecule is CCN(CC)S(=O)(=O)c1ccc(C(=O)Nc2sccc2C(=O)NC)cc1. The van der Waals surface area contributed by atoms with E-state index in [0.29, 0.717) is 29.2 Å². The second-order valence-electron chi connectivity index (χ2n) is 5.31. The smallest absolute Gasteiger partial charge is 0.256 e. The van der Waals surface area contributed by atoms with Gasteiger partial charge in [-0.25, -0.2) is 8.42 Å². The van der Waals surface area contributed by atoms with Crippen LogP contribution < -0.4 is 10.6 Å². The molecule has 1 aromatic heterocycles. The fourth-order valence-electron chi connectivity index (χ4n) is 2.39. The summed E-state index contributed by atoms with van der Waals surface area (Å²) in [6, 6.07) is 7.37. The molecule has 0 saturated carbocycles. The van der Waals surface area contributed by atoms with Gasteiger partial charge in [-0.2, -0.15) is 4.31 Å². The van der Waals surface area contributed by atoms with Gasteiger partial charge in [0.25, 0.3) is 11.8 Å². The summed E-state index contributed by atoms with van der Waals surface area (Å²) >= 11 is 1.24. The average Bonchev–Trinajstić information content (AvgIpc) is 3.10. The van der Waals surface area contributed by atoms with Crippen molar-refractivity contribution >= 4 is 38.2 Å². The van der Waals surface area contributed by atoms with Gasteiger partial charge in [0.05, 0.1) is 10.5 Å². The van der Waals surface area contributed by atoms with Crippen molar-refractivity contribution in [3.63, 3.8) is 0 Å². The number of anilines is 1. The third kappa shape index (κ3) is 4.12. The minimum Gasteiger partial charge on any atom is -0.355 e. The number of nitrogens with zero attached hydrogens (tertiary/aromatic N) is 1. The third-order valence-electron chi connectivity index (χ3n) is 3.82. The Morgan fingerprint density at radius 2 is 1.65 bits per heavy atom. The van der Waals surface area contributed by atoms with Crippen molar-refractivity contribution in [2.45, 2.75) is 18.7 Å². The molecule has 2 rings (SSSR count). The summed E-state index contributed by atoms with van der Waals surface area (Å²) < 4.78 is 26.3. The molecule has 2 amide bonds. The molecule has 26 heavy (non-hydrogen) atoms. The lowest BCUT2D eigenvalue weighted by atomic mass is 10.2. The van der Waals surface area contributed by atoms with Gasteiger partial charge < -0.3 is 10.6 Å². The predicted molar refractivity (Wildman–Crippen MR) is 102 cm³/mol. The van der Waals surface area contributed by atoms with Crippen LogP contribution in [0.15, 0.2) is 40.6 Å². The molecule has 0 radical (unpaired) electrons. The summed E-state index contributed by atoms with van der Waals surface area (Å²) in [7, 11) is -2.05. The highest BCUT2D eigenvalue weighted by Crippen LogP contribution is 2.24. The molecule has 0 aliphatic carbocycles. The molecule has 2 N–H and O–H groups in total. The van der Waals surface area contributed by atoms with Crippen molar-refractivity contribution < 1.29 is 18.0 Å². The maximum absolute atomic E-state index is 12.5. The molecule has 140 valence electrons. The molecule has 0 unspecified atom stereocenters. The zero-order chi connectivity index (χ0) is 19.3. The molecular weight excluding hydrogens is 374 g/mol. The van der Waals surface area contributed by atoms with Gasteiger partial charge in [0.2, 0.25) is 10.0 Å². The van der Waals surface area contributed by atoms with Gasteiger partial charge in [-0.3, -0.25) is 9.59 Å². The lowest BCUT2D eigenvalue weighted by molar-refractivity contribution is 0.0964. The average molecular weight is 396 g/mol. The number of nitrogens with one attached hydrogen (secondary N) is 2. The molecular formula is C17H21N3O4S2. The van der Waals surface area contributed by atoms with Gasteiger partial charge in [0, 0.05) is 25.7 Å². The van der Waals surface area contributed by atoms with Crippen molar-refractivity contribution in [1.82, 2.24) is 9.62 Å². The molecule has 0 aliphatic rings. The zero-order valence-electron chi connectivity index (χ0n) is 14.8. The molecule has 1 heterocycles. The van der Waals surface area contributed by atoms with Gasteiger partial charge >= 0.3 is 0 Å². The van der Waals surface area contributed by atoms with E-state index >= 15 is 0 Å². The molecule has 0 bridgehead atoms. The lowest BCUT2D eigenvalue weighted by Gasteiger charge is -2.18. The topological polar surface area (TPSA) is 95.6 Å². The Labute approximate surface area is 157 Å². The van der Waals surface area contributed by atoms with Crippen molar-refractivity contribution in [1.29, 1.82) is 0 Å². The Hall–Kier alpha value is -2.23. The first kappa shape index (κ1) is 20.1. The highest BCUT2D eigenvalue weighted by Gasteiger charge is 2.22. The number of rotatable bonds is 7. The van der Waals surface area contributed by atoms with Crippen LogP contribution in [0.2, 0.25) is 0 Å². The molecule has 7 nitrogen and oxygen atoms in total. The first-order valence-corrected chi connectivity index (χ1v) is 10.4. The second kappa shape index (κ2) is 8.43. The number of hydrogen-bond acceptors (Lipinski definition) is 5. The van der Waals surface area contributed by atoms with Gasteiger partial charge in [-0.15, -0.1) is 11.3 Å². The summed E-state index contributed by atoms with van der Waals surface area (Å²) in [5, 5.41) is 7.34. The first-order chi connectivity index (χ1) is 12.3. The van der Waals surface area contributed by atoms with Crippen molar-refractivity contribution in [2.75, 3.05) is 25.5 Å². The Morgan fingerprint density at radius 1 is 1.04 bits per heavy atom. The maximum atomic E-state index is 12.5. The van der Waals surface area contributed by atoms with Gasteiger partial charge in [0.1, 0.15) is 5.00 Å². The third-order valence-corrected chi connectivity index (χ3v) is 6.72. The van der Waals surface area contributed by atoms with E-state index in [-0.39, 0.29) is 10.8 Å². The molecule has 0 saturated heterocycles. The number of amides is 2. The van der Waals surface area contributed by atoms with Crippen molar-refractivity contribution in [2.24, 2.45) is 0 Å². The number of carbonyl (C=O) groups is 2. The van der Waals surface area contributed by atoms with Crippen LogP contribution in [0.4, 0.5) is 5.00 Å². The molecule has 1 aromatic carbocycles. The minimum atomic E-state index is -3.56. The molecule has 0 atom stereocenters. The highest BCUT2D eigenvalue weighted by molar-refractivity contribution is 7.89. The quantitative estimate of drug-likeness (QED) is 0.752. The first-order valence-electron chi connectivity index (χ1n) is 8.06. The fourth-order valence-corrected chi connectivity index (χ4v) is 4.62. The summed E-state index contributed by atoms with van der Waals surface area (Å²) in [6.07, 6.45) is 0. The Kier molecular flexibility index (Phi) is 6.52. The summed E-state index contributed by atoms with van der Waals surface area (Å²) in [5.41, 5.74) is 0.686. The minimum absolute atomic E-state index is 0.139. The van der Waals surface area contributed by atoms with Gasteiger partial charge in [-0.1, -0.05) is 13.8 Å². The zero-order valence-corrected chi connectivity index (χ0v) is 16.4. The van der Waals surface area contributed by atoms with E-state index in [1.54, 1.807) is 25.3 Å². The molecule has 2 aromatic rings. The van der Waals surface area contributed by atoms with E-state index in [4.69, 9.17) is 0 Å². The van der Waals surface area contributed by atoms with Crippen LogP contribution in [0.3, 0.4) is 0 Å². The highest BCUT2D eigenvalue weighted by atomic mass is 32.2. The predicted octanol–water partition coefficient (Wildman–Crippen LogP) is 2.39. The number of benzene rings is 1. The van der Waals surface area contributed by atoms with Crippen LogP contribution >= 0.6 is 11.3 Å². The number of sulfonamides is 1. The normalized spacial score (nSPS) is 11.4. The fraction of sp³-hybridized carbons (Fsp3) is 0.294. The molecule has 0 aliphatic heterocycles. The van der Waals surface area contributed by atoms with Crippen LogP contribution in [-0.2, 0) is 10.0 Å². The maximum Gasteiger partial charge on any atom is 0.256 e. The lowest BCUT2D eigenvalue weighted by Crippen LogP contribution is -2.30. The Bertz CT molecular complexity index is 885. The van der Waals surface area contributed by atoms with Gasteiger partial charge in [-0.05, 0) is 35.7 Å². The number of carbonyl (C=O) groups excluding carboxylic acids is 2. The number of hydrogen-bond donors (Lipinski definition) is 2. The van der Waals surface area contributed by atoms with E-state index in [0.717, 1.165) is 0 Å². The van der Waals surface area contributed by atoms with Crippen LogP contribution in [0.25, 0.3) is 0 Å². The van der Waals surface area contributed by atoms with E-state index in [2.05, 4.69) is 10.6 Å². The van der Waals surface area contributed by atoms with Crippen molar-refractivity contribution in [3.8, 4) is 0 Å². The van der Waals surface area contributed by atoms with E-state index in [9.17, 15) is 18.0 Å². The van der Waals surface area contributed by atoms with E-state index in [1.807, 2.05) is 0 Å². The van der Waals surface area contributed by atoms with Crippen LogP contribution in [0.1, 0.15) is 34.6 Å². The second-order valence-corrected chi connectivity index (χ2v) is 8.16. The van der Waals surface area contributed by atoms with Crippen LogP contribution in [0.5, 0.6) is 0 Å². The largest absolute Gasteiger partial charge is 0.355 e. The summed E-state index contributed by atoms with van der Waals surface area (Å²) in [5.74, 6) is -0.702. The summed E-state index contributed by atoms with van der Waals surface area (Å²) in [4.78, 5) is 24.3. The van der Waals surface area contributed by atoms with Crippen LogP contribution in [-0.4, -0.2) is 44.7 Å². The molecule has 9 heteroatoms. The monoisotopic (exact) mass is 395 g/mol. The summed E-state index contributed by atoms with van der Waals surface area (Å²) in [6.45, 7) is 4.30. The van der Waals surface area contributed by atoms with E-state index < -0.39 is 15.9 Å². The van der Waals surface area contributed by atoms with Crippen LogP contribution in [0, 0.1) is 0 Å². The molecule has 0 spiro atoms. The van der Waals surface area contributed by atoms with Crippen molar-refractivity contribution in [3.05, 3.63) is 46.8 Å². The Balaban J connectivity index is 2.20. The Morgan fingerprint density at radius 3 is 2.19 bits per heavy atom. The molecule has 0 fully saturated rings. The van der Waals surface area contributed by atoms with Gasteiger partial charge in [0.15, 0.2) is 0 Å². The number of thiophene rings is 1. The van der Waals surface area contributed by atoms with E-state index in [1.165, 1.54) is 47.0 Å². The standard InChI is InChI=1S/C17H21N3O4S2/c1-4-20(5-2)26(23,24)13-8-6-12(7-9-13)15(21)19-17-14(10-11-25-17)16(22)18-3/h6-11H,4-5H2,1-3H3,(H,18,22)(H,19,21).